The minimum absolute atomic E-state index is 0.206. The molecule has 2 atom stereocenters. The zero-order valence-corrected chi connectivity index (χ0v) is 10.6. The highest BCUT2D eigenvalue weighted by molar-refractivity contribution is 6.32. The van der Waals surface area contributed by atoms with Crippen LogP contribution in [0.5, 0.6) is 5.75 Å². The van der Waals surface area contributed by atoms with Crippen LogP contribution in [0.15, 0.2) is 18.2 Å². The Labute approximate surface area is 110 Å². The summed E-state index contributed by atoms with van der Waals surface area (Å²) in [7, 11) is 0. The van der Waals surface area contributed by atoms with Gasteiger partial charge in [0.05, 0.1) is 11.6 Å². The van der Waals surface area contributed by atoms with E-state index in [1.807, 2.05) is 18.2 Å². The third-order valence-corrected chi connectivity index (χ3v) is 4.14. The topological polar surface area (TPSA) is 49.8 Å². The number of nitrogens with zero attached hydrogens (tertiary/aromatic N) is 1. The van der Waals surface area contributed by atoms with Gasteiger partial charge in [0.1, 0.15) is 5.75 Å². The molecule has 1 unspecified atom stereocenters. The number of benzene rings is 1. The summed E-state index contributed by atoms with van der Waals surface area (Å²) >= 11 is 6.15. The molecule has 0 spiro atoms. The molecule has 3 rings (SSSR count). The standard InChI is InChI=1S/C13H14ClNO3/c14-11-3-1-2-9-10-7-15(13(16)17)6-8(10)4-5-18-12(9)11/h1-3,8,10H,4-7H2,(H,16,17)/t8?,10-/m0/s1. The molecule has 2 aliphatic rings. The van der Waals surface area contributed by atoms with Crippen molar-refractivity contribution >= 4 is 17.7 Å². The molecule has 0 radical (unpaired) electrons. The van der Waals surface area contributed by atoms with Crippen LogP contribution in [0.3, 0.4) is 0 Å². The minimum Gasteiger partial charge on any atom is -0.492 e. The Balaban J connectivity index is 1.99. The second kappa shape index (κ2) is 4.35. The predicted octanol–water partition coefficient (Wildman–Crippen LogP) is 2.82. The SMILES string of the molecule is O=C(O)N1CC2CCOc3c(Cl)cccc3[C@H]2C1. The lowest BCUT2D eigenvalue weighted by Gasteiger charge is -2.16. The van der Waals surface area contributed by atoms with E-state index in [0.717, 1.165) is 17.7 Å². The largest absolute Gasteiger partial charge is 0.492 e. The van der Waals surface area contributed by atoms with E-state index in [0.29, 0.717) is 30.6 Å². The van der Waals surface area contributed by atoms with Gasteiger partial charge < -0.3 is 14.7 Å². The van der Waals surface area contributed by atoms with E-state index in [1.165, 1.54) is 4.90 Å². The highest BCUT2D eigenvalue weighted by Crippen LogP contribution is 2.44. The quantitative estimate of drug-likeness (QED) is 0.786. The van der Waals surface area contributed by atoms with Crippen molar-refractivity contribution in [3.05, 3.63) is 28.8 Å². The van der Waals surface area contributed by atoms with Gasteiger partial charge in [0, 0.05) is 24.6 Å². The molecular weight excluding hydrogens is 254 g/mol. The third kappa shape index (κ3) is 1.81. The van der Waals surface area contributed by atoms with Gasteiger partial charge >= 0.3 is 6.09 Å². The van der Waals surface area contributed by atoms with E-state index < -0.39 is 6.09 Å². The summed E-state index contributed by atoms with van der Waals surface area (Å²) in [6.07, 6.45) is 0.0342. The van der Waals surface area contributed by atoms with E-state index in [4.69, 9.17) is 21.4 Å². The van der Waals surface area contributed by atoms with E-state index in [2.05, 4.69) is 0 Å². The lowest BCUT2D eigenvalue weighted by atomic mass is 9.87. The van der Waals surface area contributed by atoms with Gasteiger partial charge in [0.15, 0.2) is 0 Å². The number of para-hydroxylation sites is 1. The van der Waals surface area contributed by atoms with Crippen molar-refractivity contribution in [1.82, 2.24) is 4.90 Å². The summed E-state index contributed by atoms with van der Waals surface area (Å²) in [6, 6.07) is 5.70. The number of halogens is 1. The van der Waals surface area contributed by atoms with E-state index >= 15 is 0 Å². The molecule has 5 heteroatoms. The number of fused-ring (bicyclic) bond motifs is 3. The lowest BCUT2D eigenvalue weighted by molar-refractivity contribution is 0.152. The number of hydrogen-bond donors (Lipinski definition) is 1. The average Bonchev–Trinajstić information content (AvgIpc) is 2.68. The lowest BCUT2D eigenvalue weighted by Crippen LogP contribution is -2.27. The van der Waals surface area contributed by atoms with Crippen LogP contribution in [0.1, 0.15) is 17.9 Å². The summed E-state index contributed by atoms with van der Waals surface area (Å²) in [5, 5.41) is 9.71. The molecule has 0 aliphatic carbocycles. The van der Waals surface area contributed by atoms with Gasteiger partial charge in [-0.25, -0.2) is 4.79 Å². The van der Waals surface area contributed by atoms with Crippen molar-refractivity contribution in [3.63, 3.8) is 0 Å². The van der Waals surface area contributed by atoms with Crippen molar-refractivity contribution < 1.29 is 14.6 Å². The normalized spacial score (nSPS) is 25.9. The molecule has 1 aromatic rings. The molecule has 1 saturated heterocycles. The van der Waals surface area contributed by atoms with Crippen LogP contribution < -0.4 is 4.74 Å². The smallest absolute Gasteiger partial charge is 0.407 e. The molecule has 1 fully saturated rings. The van der Waals surface area contributed by atoms with Crippen LogP contribution >= 0.6 is 11.6 Å². The first-order chi connectivity index (χ1) is 8.66. The van der Waals surface area contributed by atoms with Gasteiger partial charge in [0.25, 0.3) is 0 Å². The van der Waals surface area contributed by atoms with E-state index in [-0.39, 0.29) is 5.92 Å². The van der Waals surface area contributed by atoms with Crippen LogP contribution in [0.2, 0.25) is 5.02 Å². The van der Waals surface area contributed by atoms with Gasteiger partial charge in [0.2, 0.25) is 0 Å². The Hall–Kier alpha value is -1.42. The van der Waals surface area contributed by atoms with Gasteiger partial charge in [-0.2, -0.15) is 0 Å². The second-order valence-corrected chi connectivity index (χ2v) is 5.26. The monoisotopic (exact) mass is 267 g/mol. The number of rotatable bonds is 0. The maximum Gasteiger partial charge on any atom is 0.407 e. The van der Waals surface area contributed by atoms with Gasteiger partial charge in [-0.3, -0.25) is 0 Å². The molecule has 2 heterocycles. The molecule has 0 aromatic heterocycles. The van der Waals surface area contributed by atoms with E-state index in [9.17, 15) is 4.79 Å². The predicted molar refractivity (Wildman–Crippen MR) is 67.4 cm³/mol. The van der Waals surface area contributed by atoms with Crippen molar-refractivity contribution in [1.29, 1.82) is 0 Å². The molecular formula is C13H14ClNO3. The summed E-state index contributed by atoms with van der Waals surface area (Å²) in [4.78, 5) is 12.6. The Morgan fingerprint density at radius 2 is 2.28 bits per heavy atom. The summed E-state index contributed by atoms with van der Waals surface area (Å²) in [6.45, 7) is 1.73. The fourth-order valence-electron chi connectivity index (χ4n) is 2.95. The molecule has 18 heavy (non-hydrogen) atoms. The first-order valence-corrected chi connectivity index (χ1v) is 6.43. The molecule has 2 aliphatic heterocycles. The summed E-state index contributed by atoms with van der Waals surface area (Å²) < 4.78 is 5.71. The minimum atomic E-state index is -0.840. The molecule has 96 valence electrons. The number of carboxylic acid groups (broad SMARTS) is 1. The Morgan fingerprint density at radius 3 is 3.06 bits per heavy atom. The molecule has 0 bridgehead atoms. The zero-order chi connectivity index (χ0) is 12.7. The van der Waals surface area contributed by atoms with Crippen LogP contribution in [0, 0.1) is 5.92 Å². The number of ether oxygens (including phenoxy) is 1. The van der Waals surface area contributed by atoms with Crippen molar-refractivity contribution in [3.8, 4) is 5.75 Å². The number of likely N-dealkylation sites (tertiary alicyclic amines) is 1. The molecule has 1 N–H and O–H groups in total. The highest BCUT2D eigenvalue weighted by Gasteiger charge is 2.39. The fourth-order valence-corrected chi connectivity index (χ4v) is 3.19. The molecule has 4 nitrogen and oxygen atoms in total. The number of carbonyl (C=O) groups is 1. The average molecular weight is 268 g/mol. The highest BCUT2D eigenvalue weighted by atomic mass is 35.5. The molecule has 0 saturated carbocycles. The molecule has 1 aromatic carbocycles. The van der Waals surface area contributed by atoms with Crippen LogP contribution in [-0.4, -0.2) is 35.8 Å². The van der Waals surface area contributed by atoms with Crippen LogP contribution in [0.25, 0.3) is 0 Å². The summed E-state index contributed by atoms with van der Waals surface area (Å²) in [5.41, 5.74) is 1.05. The molecule has 1 amide bonds. The van der Waals surface area contributed by atoms with Crippen molar-refractivity contribution in [2.75, 3.05) is 19.7 Å². The Morgan fingerprint density at radius 1 is 1.44 bits per heavy atom. The van der Waals surface area contributed by atoms with Gasteiger partial charge in [-0.15, -0.1) is 0 Å². The van der Waals surface area contributed by atoms with Gasteiger partial charge in [-0.1, -0.05) is 23.7 Å². The number of hydrogen-bond acceptors (Lipinski definition) is 2. The summed E-state index contributed by atoms with van der Waals surface area (Å²) in [5.74, 6) is 1.28. The van der Waals surface area contributed by atoms with Gasteiger partial charge in [-0.05, 0) is 18.4 Å². The van der Waals surface area contributed by atoms with Crippen LogP contribution in [0.4, 0.5) is 4.79 Å². The zero-order valence-electron chi connectivity index (χ0n) is 9.80. The first-order valence-electron chi connectivity index (χ1n) is 6.06. The Bertz CT molecular complexity index is 491. The third-order valence-electron chi connectivity index (χ3n) is 3.84. The van der Waals surface area contributed by atoms with E-state index in [1.54, 1.807) is 0 Å². The fraction of sp³-hybridized carbons (Fsp3) is 0.462. The van der Waals surface area contributed by atoms with Crippen LogP contribution in [-0.2, 0) is 0 Å². The second-order valence-electron chi connectivity index (χ2n) is 4.85. The maximum absolute atomic E-state index is 11.1. The van der Waals surface area contributed by atoms with Crippen molar-refractivity contribution in [2.45, 2.75) is 12.3 Å². The number of amides is 1. The maximum atomic E-state index is 11.1. The van der Waals surface area contributed by atoms with Crippen molar-refractivity contribution in [2.24, 2.45) is 5.92 Å². The first kappa shape index (κ1) is 11.7. The Kier molecular flexibility index (Phi) is 2.82.